The van der Waals surface area contributed by atoms with Crippen LogP contribution in [-0.4, -0.2) is 54.5 Å². The number of nitrogens with zero attached hydrogens (tertiary/aromatic N) is 3. The van der Waals surface area contributed by atoms with Gasteiger partial charge in [0.2, 0.25) is 0 Å². The van der Waals surface area contributed by atoms with E-state index in [1.54, 1.807) is 0 Å². The van der Waals surface area contributed by atoms with Crippen LogP contribution in [0.15, 0.2) is 42.6 Å². The molecule has 3 rings (SSSR count). The van der Waals surface area contributed by atoms with E-state index in [1.165, 1.54) is 5.56 Å². The fourth-order valence-corrected chi connectivity index (χ4v) is 3.10. The summed E-state index contributed by atoms with van der Waals surface area (Å²) >= 11 is 0. The fourth-order valence-electron chi connectivity index (χ4n) is 3.10. The Morgan fingerprint density at radius 2 is 2.13 bits per heavy atom. The molecular weight excluding hydrogens is 286 g/mol. The van der Waals surface area contributed by atoms with Crippen molar-refractivity contribution in [3.8, 4) is 0 Å². The number of nitrogens with one attached hydrogen (secondary N) is 2. The minimum Gasteiger partial charge on any atom is -0.370 e. The van der Waals surface area contributed by atoms with E-state index in [0.717, 1.165) is 38.4 Å². The molecule has 0 saturated heterocycles. The molecule has 0 bridgehead atoms. The van der Waals surface area contributed by atoms with Crippen LogP contribution in [0.5, 0.6) is 0 Å². The number of likely N-dealkylation sites (N-methyl/N-ethyl adjacent to an activating group) is 1. The predicted molar refractivity (Wildman–Crippen MR) is 94.7 cm³/mol. The van der Waals surface area contributed by atoms with Gasteiger partial charge in [0.15, 0.2) is 0 Å². The zero-order valence-electron chi connectivity index (χ0n) is 14.1. The third-order valence-corrected chi connectivity index (χ3v) is 4.58. The van der Waals surface area contributed by atoms with Crippen molar-refractivity contribution in [3.63, 3.8) is 0 Å². The number of benzene rings is 1. The molecule has 2 heterocycles. The van der Waals surface area contributed by atoms with Crippen molar-refractivity contribution in [2.45, 2.75) is 19.0 Å². The molecule has 1 aliphatic rings. The van der Waals surface area contributed by atoms with E-state index >= 15 is 0 Å². The van der Waals surface area contributed by atoms with Gasteiger partial charge in [-0.2, -0.15) is 5.10 Å². The molecule has 124 valence electrons. The Morgan fingerprint density at radius 1 is 1.30 bits per heavy atom. The monoisotopic (exact) mass is 313 g/mol. The summed E-state index contributed by atoms with van der Waals surface area (Å²) in [5.41, 5.74) is 1.40. The van der Waals surface area contributed by atoms with E-state index in [4.69, 9.17) is 0 Å². The Kier molecular flexibility index (Phi) is 5.31. The third kappa shape index (κ3) is 4.33. The van der Waals surface area contributed by atoms with Crippen LogP contribution in [-0.2, 0) is 13.0 Å². The molecule has 0 amide bonds. The van der Waals surface area contributed by atoms with Crippen molar-refractivity contribution in [1.29, 1.82) is 0 Å². The van der Waals surface area contributed by atoms with E-state index in [1.807, 2.05) is 12.3 Å². The summed E-state index contributed by atoms with van der Waals surface area (Å²) in [6.07, 6.45) is 2.94. The molecule has 0 spiro atoms. The van der Waals surface area contributed by atoms with Gasteiger partial charge in [0.25, 0.3) is 0 Å². The number of hydrogen-bond donors (Lipinski definition) is 2. The lowest BCUT2D eigenvalue weighted by Crippen LogP contribution is -2.43. The topological polar surface area (TPSA) is 45.1 Å². The molecule has 1 aromatic carbocycles. The summed E-state index contributed by atoms with van der Waals surface area (Å²) in [6, 6.07) is 13.3. The smallest absolute Gasteiger partial charge is 0.124 e. The van der Waals surface area contributed by atoms with Gasteiger partial charge in [0.1, 0.15) is 5.82 Å². The molecule has 0 unspecified atom stereocenters. The first-order valence-electron chi connectivity index (χ1n) is 8.39. The highest BCUT2D eigenvalue weighted by Crippen LogP contribution is 2.15. The second-order valence-electron chi connectivity index (χ2n) is 6.61. The maximum atomic E-state index is 4.35. The van der Waals surface area contributed by atoms with Gasteiger partial charge >= 0.3 is 0 Å². The van der Waals surface area contributed by atoms with Crippen LogP contribution < -0.4 is 10.6 Å². The van der Waals surface area contributed by atoms with Crippen LogP contribution in [0.3, 0.4) is 0 Å². The average molecular weight is 313 g/mol. The quantitative estimate of drug-likeness (QED) is 0.816. The largest absolute Gasteiger partial charge is 0.370 e. The van der Waals surface area contributed by atoms with E-state index < -0.39 is 0 Å². The number of aromatic nitrogens is 2. The second kappa shape index (κ2) is 7.62. The number of rotatable bonds is 7. The Labute approximate surface area is 138 Å². The molecule has 2 atom stereocenters. The van der Waals surface area contributed by atoms with Gasteiger partial charge in [0, 0.05) is 44.2 Å². The summed E-state index contributed by atoms with van der Waals surface area (Å²) in [4.78, 5) is 2.31. The summed E-state index contributed by atoms with van der Waals surface area (Å²) < 4.78 is 2.06. The van der Waals surface area contributed by atoms with Gasteiger partial charge in [-0.15, -0.1) is 0 Å². The third-order valence-electron chi connectivity index (χ3n) is 4.58. The molecule has 2 N–H and O–H groups in total. The van der Waals surface area contributed by atoms with E-state index in [-0.39, 0.29) is 0 Å². The molecule has 5 nitrogen and oxygen atoms in total. The summed E-state index contributed by atoms with van der Waals surface area (Å²) in [7, 11) is 4.32. The van der Waals surface area contributed by atoms with Crippen molar-refractivity contribution in [2.24, 2.45) is 5.92 Å². The zero-order chi connectivity index (χ0) is 16.1. The van der Waals surface area contributed by atoms with Crippen molar-refractivity contribution in [3.05, 3.63) is 48.2 Å². The van der Waals surface area contributed by atoms with E-state index in [0.29, 0.717) is 12.0 Å². The minimum absolute atomic E-state index is 0.509. The second-order valence-corrected chi connectivity index (χ2v) is 6.61. The van der Waals surface area contributed by atoms with Gasteiger partial charge in [-0.3, -0.25) is 0 Å². The molecule has 23 heavy (non-hydrogen) atoms. The first kappa shape index (κ1) is 16.0. The normalized spacial score (nSPS) is 18.5. The highest BCUT2D eigenvalue weighted by Gasteiger charge is 2.19. The van der Waals surface area contributed by atoms with Gasteiger partial charge in [-0.1, -0.05) is 30.3 Å². The number of hydrogen-bond acceptors (Lipinski definition) is 4. The van der Waals surface area contributed by atoms with E-state index in [9.17, 15) is 0 Å². The van der Waals surface area contributed by atoms with E-state index in [2.05, 4.69) is 69.7 Å². The van der Waals surface area contributed by atoms with Gasteiger partial charge in [0.05, 0.1) is 6.20 Å². The van der Waals surface area contributed by atoms with Crippen LogP contribution >= 0.6 is 0 Å². The molecule has 0 aliphatic carbocycles. The lowest BCUT2D eigenvalue weighted by Gasteiger charge is -2.28. The first-order chi connectivity index (χ1) is 11.2. The maximum Gasteiger partial charge on any atom is 0.124 e. The minimum atomic E-state index is 0.509. The fraction of sp³-hybridized carbons (Fsp3) is 0.500. The highest BCUT2D eigenvalue weighted by molar-refractivity contribution is 5.35. The Morgan fingerprint density at radius 3 is 2.91 bits per heavy atom. The first-order valence-corrected chi connectivity index (χ1v) is 8.39. The molecule has 0 radical (unpaired) electrons. The van der Waals surface area contributed by atoms with Gasteiger partial charge in [-0.25, -0.2) is 4.68 Å². The van der Waals surface area contributed by atoms with Crippen LogP contribution in [0, 0.1) is 5.92 Å². The Bertz CT molecular complexity index is 592. The predicted octanol–water partition coefficient (Wildman–Crippen LogP) is 1.69. The maximum absolute atomic E-state index is 4.35. The standard InChI is InChI=1S/C18H27N5/c1-22(2)17(10-15-6-4-3-5-7-15)13-19-11-16-12-20-18-8-9-21-23(18)14-16/h3-9,16-17,19-20H,10-14H2,1-2H3/t16-,17+/m0/s1. The van der Waals surface area contributed by atoms with Crippen LogP contribution in [0.1, 0.15) is 5.56 Å². The van der Waals surface area contributed by atoms with Crippen molar-refractivity contribution in [2.75, 3.05) is 39.0 Å². The van der Waals surface area contributed by atoms with Gasteiger partial charge < -0.3 is 15.5 Å². The van der Waals surface area contributed by atoms with Crippen LogP contribution in [0.2, 0.25) is 0 Å². The average Bonchev–Trinajstić information content (AvgIpc) is 3.02. The molecule has 5 heteroatoms. The molecule has 1 aromatic heterocycles. The van der Waals surface area contributed by atoms with Crippen molar-refractivity contribution >= 4 is 5.82 Å². The lowest BCUT2D eigenvalue weighted by molar-refractivity contribution is 0.273. The van der Waals surface area contributed by atoms with Crippen molar-refractivity contribution < 1.29 is 0 Å². The molecule has 0 saturated carbocycles. The Hall–Kier alpha value is -1.85. The van der Waals surface area contributed by atoms with Crippen LogP contribution in [0.4, 0.5) is 5.82 Å². The van der Waals surface area contributed by atoms with Crippen LogP contribution in [0.25, 0.3) is 0 Å². The summed E-state index contributed by atoms with van der Waals surface area (Å²) in [6.45, 7) is 4.04. The molecule has 0 fully saturated rings. The molecule has 2 aromatic rings. The Balaban J connectivity index is 1.46. The summed E-state index contributed by atoms with van der Waals surface area (Å²) in [5, 5.41) is 11.5. The SMILES string of the molecule is CN(C)[C@@H](CNC[C@H]1CNc2ccnn2C1)Cc1ccccc1. The van der Waals surface area contributed by atoms with Gasteiger partial charge in [-0.05, 0) is 26.1 Å². The highest BCUT2D eigenvalue weighted by atomic mass is 15.3. The lowest BCUT2D eigenvalue weighted by atomic mass is 10.0. The zero-order valence-corrected chi connectivity index (χ0v) is 14.1. The van der Waals surface area contributed by atoms with Crippen molar-refractivity contribution in [1.82, 2.24) is 20.0 Å². The number of fused-ring (bicyclic) bond motifs is 1. The molecular formula is C18H27N5. The number of anilines is 1. The summed E-state index contributed by atoms with van der Waals surface area (Å²) in [5.74, 6) is 1.72. The molecule has 1 aliphatic heterocycles.